The van der Waals surface area contributed by atoms with E-state index in [9.17, 15) is 4.79 Å². The summed E-state index contributed by atoms with van der Waals surface area (Å²) >= 11 is 0. The minimum Gasteiger partial charge on any atom is -0.341 e. The zero-order valence-corrected chi connectivity index (χ0v) is 17.9. The van der Waals surface area contributed by atoms with E-state index in [4.69, 9.17) is 0 Å². The molecule has 1 spiro atoms. The number of rotatable bonds is 6. The van der Waals surface area contributed by atoms with Crippen LogP contribution in [0.1, 0.15) is 69.7 Å². The molecule has 1 aromatic heterocycles. The average molecular weight is 395 g/mol. The van der Waals surface area contributed by atoms with Gasteiger partial charge in [0.1, 0.15) is 12.2 Å². The molecular formula is C24H34N4O. The van der Waals surface area contributed by atoms with Gasteiger partial charge in [0, 0.05) is 32.0 Å². The molecule has 4 rings (SSSR count). The summed E-state index contributed by atoms with van der Waals surface area (Å²) in [7, 11) is 0. The molecule has 5 heteroatoms. The lowest BCUT2D eigenvalue weighted by Crippen LogP contribution is -2.34. The molecule has 1 amide bonds. The highest BCUT2D eigenvalue weighted by molar-refractivity contribution is 5.77. The van der Waals surface area contributed by atoms with E-state index < -0.39 is 0 Å². The van der Waals surface area contributed by atoms with E-state index in [0.717, 1.165) is 31.9 Å². The molecule has 1 unspecified atom stereocenters. The third-order valence-corrected chi connectivity index (χ3v) is 6.84. The van der Waals surface area contributed by atoms with Gasteiger partial charge < -0.3 is 9.47 Å². The van der Waals surface area contributed by atoms with Crippen molar-refractivity contribution in [2.45, 2.75) is 71.3 Å². The predicted molar refractivity (Wildman–Crippen MR) is 114 cm³/mol. The van der Waals surface area contributed by atoms with Crippen LogP contribution >= 0.6 is 0 Å². The van der Waals surface area contributed by atoms with Gasteiger partial charge in [-0.25, -0.2) is 0 Å². The topological polar surface area (TPSA) is 51.0 Å². The summed E-state index contributed by atoms with van der Waals surface area (Å²) in [5.74, 6) is 2.25. The van der Waals surface area contributed by atoms with Gasteiger partial charge in [0.25, 0.3) is 0 Å². The number of carbonyl (C=O) groups is 1. The maximum atomic E-state index is 13.1. The van der Waals surface area contributed by atoms with Crippen LogP contribution in [0.3, 0.4) is 0 Å². The van der Waals surface area contributed by atoms with Crippen molar-refractivity contribution >= 4 is 5.91 Å². The van der Waals surface area contributed by atoms with Crippen LogP contribution in [0.5, 0.6) is 0 Å². The monoisotopic (exact) mass is 394 g/mol. The van der Waals surface area contributed by atoms with E-state index in [1.165, 1.54) is 37.7 Å². The fourth-order valence-corrected chi connectivity index (χ4v) is 5.40. The third-order valence-electron chi connectivity index (χ3n) is 6.84. The minimum atomic E-state index is 0.183. The fourth-order valence-electron chi connectivity index (χ4n) is 5.40. The third kappa shape index (κ3) is 4.39. The number of likely N-dealkylation sites (tertiary alicyclic amines) is 1. The molecule has 1 saturated heterocycles. The molecule has 0 N–H and O–H groups in total. The van der Waals surface area contributed by atoms with Gasteiger partial charge in [-0.1, -0.05) is 63.4 Å². The summed E-state index contributed by atoms with van der Waals surface area (Å²) in [6.07, 6.45) is 9.54. The van der Waals surface area contributed by atoms with Crippen LogP contribution in [0, 0.1) is 11.3 Å². The van der Waals surface area contributed by atoms with Gasteiger partial charge >= 0.3 is 0 Å². The van der Waals surface area contributed by atoms with Crippen LogP contribution in [-0.2, 0) is 17.8 Å². The first-order chi connectivity index (χ1) is 14.1. The molecule has 2 aromatic rings. The zero-order chi connectivity index (χ0) is 20.3. The van der Waals surface area contributed by atoms with Crippen LogP contribution in [-0.4, -0.2) is 38.7 Å². The predicted octanol–water partition coefficient (Wildman–Crippen LogP) is 4.44. The summed E-state index contributed by atoms with van der Waals surface area (Å²) in [5, 5.41) is 8.82. The van der Waals surface area contributed by atoms with Crippen molar-refractivity contribution in [1.29, 1.82) is 0 Å². The number of hydrogen-bond acceptors (Lipinski definition) is 3. The summed E-state index contributed by atoms with van der Waals surface area (Å²) in [5.41, 5.74) is 1.42. The molecule has 1 aliphatic carbocycles. The van der Waals surface area contributed by atoms with Crippen molar-refractivity contribution in [3.05, 3.63) is 48.0 Å². The molecule has 1 saturated carbocycles. The number of aromatic nitrogens is 3. The minimum absolute atomic E-state index is 0.183. The van der Waals surface area contributed by atoms with Gasteiger partial charge in [-0.05, 0) is 36.2 Å². The number of benzene rings is 1. The molecule has 156 valence electrons. The van der Waals surface area contributed by atoms with Crippen molar-refractivity contribution in [2.24, 2.45) is 11.3 Å². The lowest BCUT2D eigenvalue weighted by atomic mass is 9.67. The molecule has 29 heavy (non-hydrogen) atoms. The maximum absolute atomic E-state index is 13.1. The van der Waals surface area contributed by atoms with Crippen molar-refractivity contribution in [2.75, 3.05) is 13.1 Å². The largest absolute Gasteiger partial charge is 0.341 e. The van der Waals surface area contributed by atoms with E-state index in [0.29, 0.717) is 18.3 Å². The van der Waals surface area contributed by atoms with E-state index in [1.807, 2.05) is 24.5 Å². The first-order valence-corrected chi connectivity index (χ1v) is 11.3. The molecule has 5 nitrogen and oxygen atoms in total. The van der Waals surface area contributed by atoms with E-state index >= 15 is 0 Å². The highest BCUT2D eigenvalue weighted by Gasteiger charge is 2.50. The van der Waals surface area contributed by atoms with Crippen LogP contribution < -0.4 is 0 Å². The normalized spacial score (nSPS) is 21.2. The highest BCUT2D eigenvalue weighted by atomic mass is 16.2. The molecule has 2 aliphatic rings. The first kappa shape index (κ1) is 20.1. The van der Waals surface area contributed by atoms with Crippen LogP contribution in [0.25, 0.3) is 0 Å². The SMILES string of the molecule is CC(C)Cn1cnnc1C1CN(C(=O)CCc2ccccc2)CC12CCCCC2. The lowest BCUT2D eigenvalue weighted by molar-refractivity contribution is -0.130. The Morgan fingerprint density at radius 3 is 2.66 bits per heavy atom. The van der Waals surface area contributed by atoms with Crippen LogP contribution in [0.2, 0.25) is 0 Å². The van der Waals surface area contributed by atoms with Crippen molar-refractivity contribution in [1.82, 2.24) is 19.7 Å². The van der Waals surface area contributed by atoms with Gasteiger partial charge in [-0.15, -0.1) is 10.2 Å². The van der Waals surface area contributed by atoms with E-state index in [-0.39, 0.29) is 11.3 Å². The summed E-state index contributed by atoms with van der Waals surface area (Å²) in [6, 6.07) is 10.3. The van der Waals surface area contributed by atoms with Gasteiger partial charge in [0.05, 0.1) is 0 Å². The maximum Gasteiger partial charge on any atom is 0.222 e. The second-order valence-corrected chi connectivity index (χ2v) is 9.47. The smallest absolute Gasteiger partial charge is 0.222 e. The first-order valence-electron chi connectivity index (χ1n) is 11.3. The number of aryl methyl sites for hydroxylation is 1. The summed E-state index contributed by atoms with van der Waals surface area (Å²) < 4.78 is 2.24. The summed E-state index contributed by atoms with van der Waals surface area (Å²) in [4.78, 5) is 15.2. The molecule has 1 atom stereocenters. The van der Waals surface area contributed by atoms with Crippen LogP contribution in [0.4, 0.5) is 0 Å². The fraction of sp³-hybridized carbons (Fsp3) is 0.625. The Morgan fingerprint density at radius 2 is 1.93 bits per heavy atom. The second kappa shape index (κ2) is 8.68. The van der Waals surface area contributed by atoms with Crippen molar-refractivity contribution < 1.29 is 4.79 Å². The Balaban J connectivity index is 1.52. The van der Waals surface area contributed by atoms with E-state index in [1.54, 1.807) is 0 Å². The second-order valence-electron chi connectivity index (χ2n) is 9.47. The standard InChI is InChI=1S/C24H34N4O/c1-19(2)15-28-18-25-26-23(28)21-16-27(17-24(21)13-7-4-8-14-24)22(29)12-11-20-9-5-3-6-10-20/h3,5-6,9-10,18-19,21H,4,7-8,11-17H2,1-2H3. The van der Waals surface area contributed by atoms with Gasteiger partial charge in [0.2, 0.25) is 5.91 Å². The number of amides is 1. The van der Waals surface area contributed by atoms with E-state index in [2.05, 4.69) is 45.6 Å². The van der Waals surface area contributed by atoms with Gasteiger partial charge in [-0.2, -0.15) is 0 Å². The molecule has 2 fully saturated rings. The Morgan fingerprint density at radius 1 is 1.17 bits per heavy atom. The van der Waals surface area contributed by atoms with Gasteiger partial charge in [0.15, 0.2) is 0 Å². The number of hydrogen-bond donors (Lipinski definition) is 0. The zero-order valence-electron chi connectivity index (χ0n) is 17.9. The summed E-state index contributed by atoms with van der Waals surface area (Å²) in [6.45, 7) is 7.09. The highest BCUT2D eigenvalue weighted by Crippen LogP contribution is 2.51. The van der Waals surface area contributed by atoms with Crippen molar-refractivity contribution in [3.8, 4) is 0 Å². The number of nitrogens with zero attached hydrogens (tertiary/aromatic N) is 4. The average Bonchev–Trinajstić information content (AvgIpc) is 3.31. The Hall–Kier alpha value is -2.17. The molecular weight excluding hydrogens is 360 g/mol. The van der Waals surface area contributed by atoms with Gasteiger partial charge in [-0.3, -0.25) is 4.79 Å². The van der Waals surface area contributed by atoms with Crippen LogP contribution in [0.15, 0.2) is 36.7 Å². The molecule has 0 bridgehead atoms. The Kier molecular flexibility index (Phi) is 6.02. The lowest BCUT2D eigenvalue weighted by Gasteiger charge is -2.37. The quantitative estimate of drug-likeness (QED) is 0.728. The Labute approximate surface area is 174 Å². The molecule has 0 radical (unpaired) electrons. The Bertz CT molecular complexity index is 807. The molecule has 1 aliphatic heterocycles. The van der Waals surface area contributed by atoms with Crippen molar-refractivity contribution in [3.63, 3.8) is 0 Å². The molecule has 2 heterocycles. The molecule has 1 aromatic carbocycles. The number of carbonyl (C=O) groups excluding carboxylic acids is 1.